The number of ether oxygens (including phenoxy) is 1. The van der Waals surface area contributed by atoms with Crippen molar-refractivity contribution in [1.82, 2.24) is 10.2 Å². The van der Waals surface area contributed by atoms with Crippen molar-refractivity contribution in [2.45, 2.75) is 0 Å². The first-order chi connectivity index (χ1) is 15.0. The van der Waals surface area contributed by atoms with Gasteiger partial charge in [-0.2, -0.15) is 0 Å². The summed E-state index contributed by atoms with van der Waals surface area (Å²) in [6.45, 7) is 4.68. The van der Waals surface area contributed by atoms with Crippen molar-refractivity contribution in [3.05, 3.63) is 48.5 Å². The van der Waals surface area contributed by atoms with Crippen LogP contribution in [0.5, 0.6) is 5.75 Å². The number of rotatable bonds is 7. The molecule has 0 spiro atoms. The summed E-state index contributed by atoms with van der Waals surface area (Å²) < 4.78 is 5.46. The highest BCUT2D eigenvalue weighted by molar-refractivity contribution is 6.39. The number of hydrogen-bond acceptors (Lipinski definition) is 6. The molecule has 31 heavy (non-hydrogen) atoms. The molecule has 1 aliphatic heterocycles. The van der Waals surface area contributed by atoms with Crippen LogP contribution in [0.1, 0.15) is 0 Å². The van der Waals surface area contributed by atoms with Gasteiger partial charge in [0.25, 0.3) is 0 Å². The zero-order valence-electron chi connectivity index (χ0n) is 18.4. The lowest BCUT2D eigenvalue weighted by molar-refractivity contribution is -0.136. The molecule has 0 bridgehead atoms. The molecule has 1 aliphatic rings. The van der Waals surface area contributed by atoms with Gasteiger partial charge in [0.2, 0.25) is 0 Å². The highest BCUT2D eigenvalue weighted by atomic mass is 16.5. The molecule has 1 heterocycles. The van der Waals surface area contributed by atoms with E-state index in [9.17, 15) is 9.59 Å². The van der Waals surface area contributed by atoms with E-state index in [2.05, 4.69) is 26.5 Å². The van der Waals surface area contributed by atoms with E-state index < -0.39 is 11.8 Å². The smallest absolute Gasteiger partial charge is 0.313 e. The Morgan fingerprint density at radius 2 is 1.65 bits per heavy atom. The monoisotopic (exact) mass is 425 g/mol. The van der Waals surface area contributed by atoms with Crippen molar-refractivity contribution >= 4 is 28.9 Å². The zero-order chi connectivity index (χ0) is 22.2. The SMILES string of the molecule is COc1ccccc1N1CCN(CCNC(=O)C(=O)Nc2ccc(N(C)C)cc2)CC1. The minimum absolute atomic E-state index is 0.431. The summed E-state index contributed by atoms with van der Waals surface area (Å²) in [5.41, 5.74) is 2.72. The fourth-order valence-electron chi connectivity index (χ4n) is 3.54. The van der Waals surface area contributed by atoms with E-state index in [-0.39, 0.29) is 0 Å². The lowest BCUT2D eigenvalue weighted by Gasteiger charge is -2.36. The van der Waals surface area contributed by atoms with Gasteiger partial charge in [-0.25, -0.2) is 0 Å². The van der Waals surface area contributed by atoms with E-state index in [1.807, 2.05) is 49.3 Å². The molecule has 1 fully saturated rings. The molecule has 2 amide bonds. The molecule has 0 saturated carbocycles. The molecule has 0 aromatic heterocycles. The number of amides is 2. The average molecular weight is 426 g/mol. The largest absolute Gasteiger partial charge is 0.495 e. The van der Waals surface area contributed by atoms with Gasteiger partial charge in [0.1, 0.15) is 5.75 Å². The van der Waals surface area contributed by atoms with Crippen molar-refractivity contribution < 1.29 is 14.3 Å². The van der Waals surface area contributed by atoms with Crippen molar-refractivity contribution in [1.29, 1.82) is 0 Å². The fraction of sp³-hybridized carbons (Fsp3) is 0.391. The van der Waals surface area contributed by atoms with Gasteiger partial charge < -0.3 is 25.2 Å². The third kappa shape index (κ3) is 6.11. The van der Waals surface area contributed by atoms with Gasteiger partial charge in [0.05, 0.1) is 12.8 Å². The maximum atomic E-state index is 12.1. The second-order valence-corrected chi connectivity index (χ2v) is 7.65. The summed E-state index contributed by atoms with van der Waals surface area (Å²) in [6, 6.07) is 15.4. The number of nitrogens with zero attached hydrogens (tertiary/aromatic N) is 3. The average Bonchev–Trinajstić information content (AvgIpc) is 2.79. The predicted molar refractivity (Wildman–Crippen MR) is 124 cm³/mol. The molecule has 2 N–H and O–H groups in total. The first-order valence-electron chi connectivity index (χ1n) is 10.4. The molecule has 0 aliphatic carbocycles. The number of nitrogens with one attached hydrogen (secondary N) is 2. The van der Waals surface area contributed by atoms with Gasteiger partial charge in [-0.05, 0) is 36.4 Å². The van der Waals surface area contributed by atoms with Crippen molar-refractivity contribution in [2.75, 3.05) is 75.6 Å². The van der Waals surface area contributed by atoms with Crippen molar-refractivity contribution in [3.8, 4) is 5.75 Å². The van der Waals surface area contributed by atoms with Crippen LogP contribution in [-0.4, -0.2) is 77.2 Å². The summed E-state index contributed by atoms with van der Waals surface area (Å²) in [5.74, 6) is -0.395. The molecule has 0 unspecified atom stereocenters. The van der Waals surface area contributed by atoms with E-state index in [1.54, 1.807) is 19.2 Å². The zero-order valence-corrected chi connectivity index (χ0v) is 18.4. The van der Waals surface area contributed by atoms with Crippen LogP contribution in [0.2, 0.25) is 0 Å². The van der Waals surface area contributed by atoms with Crippen LogP contribution in [-0.2, 0) is 9.59 Å². The summed E-state index contributed by atoms with van der Waals surface area (Å²) in [5, 5.41) is 5.34. The number of carbonyl (C=O) groups excluding carboxylic acids is 2. The molecule has 0 atom stereocenters. The summed E-state index contributed by atoms with van der Waals surface area (Å²) in [4.78, 5) is 30.8. The predicted octanol–water partition coefficient (Wildman–Crippen LogP) is 1.64. The van der Waals surface area contributed by atoms with E-state index in [1.165, 1.54) is 0 Å². The van der Waals surface area contributed by atoms with Gasteiger partial charge in [-0.1, -0.05) is 12.1 Å². The molecule has 2 aromatic rings. The Balaban J connectivity index is 1.38. The van der Waals surface area contributed by atoms with Gasteiger partial charge in [-0.15, -0.1) is 0 Å². The van der Waals surface area contributed by atoms with Gasteiger partial charge >= 0.3 is 11.8 Å². The van der Waals surface area contributed by atoms with Crippen LogP contribution in [0.4, 0.5) is 17.1 Å². The molecule has 0 radical (unpaired) electrons. The second-order valence-electron chi connectivity index (χ2n) is 7.65. The van der Waals surface area contributed by atoms with Crippen LogP contribution >= 0.6 is 0 Å². The maximum Gasteiger partial charge on any atom is 0.313 e. The van der Waals surface area contributed by atoms with Gasteiger partial charge in [0, 0.05) is 64.7 Å². The van der Waals surface area contributed by atoms with E-state index in [4.69, 9.17) is 4.74 Å². The summed E-state index contributed by atoms with van der Waals surface area (Å²) in [7, 11) is 5.57. The number of para-hydroxylation sites is 2. The fourth-order valence-corrected chi connectivity index (χ4v) is 3.54. The Hall–Kier alpha value is -3.26. The Kier molecular flexibility index (Phi) is 7.72. The van der Waals surface area contributed by atoms with Crippen molar-refractivity contribution in [3.63, 3.8) is 0 Å². The second kappa shape index (κ2) is 10.7. The topological polar surface area (TPSA) is 77.1 Å². The van der Waals surface area contributed by atoms with Gasteiger partial charge in [-0.3, -0.25) is 14.5 Å². The lowest BCUT2D eigenvalue weighted by atomic mass is 10.2. The molecular weight excluding hydrogens is 394 g/mol. The molecular formula is C23H31N5O3. The van der Waals surface area contributed by atoms with Crippen LogP contribution < -0.4 is 25.2 Å². The number of hydrogen-bond donors (Lipinski definition) is 2. The summed E-state index contributed by atoms with van der Waals surface area (Å²) in [6.07, 6.45) is 0. The third-order valence-electron chi connectivity index (χ3n) is 5.36. The molecule has 1 saturated heterocycles. The molecule has 8 heteroatoms. The standard InChI is InChI=1S/C23H31N5O3/c1-26(2)19-10-8-18(9-11-19)25-23(30)22(29)24-12-13-27-14-16-28(17-15-27)20-6-4-5-7-21(20)31-3/h4-11H,12-17H2,1-3H3,(H,24,29)(H,25,30). The van der Waals surface area contributed by atoms with Crippen LogP contribution in [0.15, 0.2) is 48.5 Å². The molecule has 8 nitrogen and oxygen atoms in total. The van der Waals surface area contributed by atoms with E-state index in [0.717, 1.165) is 43.3 Å². The Bertz CT molecular complexity index is 877. The lowest BCUT2D eigenvalue weighted by Crippen LogP contribution is -2.49. The normalized spacial score (nSPS) is 14.1. The molecule has 3 rings (SSSR count). The number of piperazine rings is 1. The number of methoxy groups -OCH3 is 1. The minimum atomic E-state index is -0.654. The highest BCUT2D eigenvalue weighted by Crippen LogP contribution is 2.28. The van der Waals surface area contributed by atoms with E-state index >= 15 is 0 Å². The molecule has 2 aromatic carbocycles. The van der Waals surface area contributed by atoms with Crippen LogP contribution in [0, 0.1) is 0 Å². The first kappa shape index (κ1) is 22.4. The molecule has 166 valence electrons. The van der Waals surface area contributed by atoms with Crippen LogP contribution in [0.25, 0.3) is 0 Å². The summed E-state index contributed by atoms with van der Waals surface area (Å²) >= 11 is 0. The number of anilines is 3. The third-order valence-corrected chi connectivity index (χ3v) is 5.36. The number of benzene rings is 2. The van der Waals surface area contributed by atoms with Gasteiger partial charge in [0.15, 0.2) is 0 Å². The quantitative estimate of drug-likeness (QED) is 0.657. The number of carbonyl (C=O) groups is 2. The highest BCUT2D eigenvalue weighted by Gasteiger charge is 2.20. The first-order valence-corrected chi connectivity index (χ1v) is 10.4. The van der Waals surface area contributed by atoms with Crippen LogP contribution in [0.3, 0.4) is 0 Å². The van der Waals surface area contributed by atoms with Crippen molar-refractivity contribution in [2.24, 2.45) is 0 Å². The van der Waals surface area contributed by atoms with E-state index in [0.29, 0.717) is 18.8 Å². The Labute approximate surface area is 183 Å². The minimum Gasteiger partial charge on any atom is -0.495 e. The Morgan fingerprint density at radius 3 is 2.29 bits per heavy atom. The Morgan fingerprint density at radius 1 is 0.968 bits per heavy atom. The maximum absolute atomic E-state index is 12.1.